The Labute approximate surface area is 283 Å². The van der Waals surface area contributed by atoms with Crippen molar-refractivity contribution >= 4 is 106 Å². The minimum Gasteiger partial charge on any atom is -0.345 e. The van der Waals surface area contributed by atoms with Crippen LogP contribution < -0.4 is 21.3 Å². The molecule has 0 heterocycles. The smallest absolute Gasteiger partial charge is 0.224 e. The minimum atomic E-state index is -0.617. The minimum absolute atomic E-state index is 0. The third-order valence-corrected chi connectivity index (χ3v) is 9.13. The van der Waals surface area contributed by atoms with Gasteiger partial charge < -0.3 is 21.3 Å². The van der Waals surface area contributed by atoms with Gasteiger partial charge in [0.15, 0.2) is 11.6 Å². The van der Waals surface area contributed by atoms with Crippen molar-refractivity contribution < 1.29 is 14.4 Å². The molecule has 1 amide bonds. The van der Waals surface area contributed by atoms with E-state index in [1.165, 1.54) is 25.7 Å². The van der Waals surface area contributed by atoms with Crippen molar-refractivity contribution in [1.29, 1.82) is 0 Å². The summed E-state index contributed by atoms with van der Waals surface area (Å²) in [4.78, 5) is 35.8. The molecule has 0 aromatic carbocycles. The summed E-state index contributed by atoms with van der Waals surface area (Å²) in [6, 6.07) is 0.0625. The maximum Gasteiger partial charge on any atom is 0.224 e. The summed E-state index contributed by atoms with van der Waals surface area (Å²) in [6.45, 7) is 5.00. The monoisotopic (exact) mass is 698 g/mol. The van der Waals surface area contributed by atoms with Crippen LogP contribution in [0.3, 0.4) is 0 Å². The van der Waals surface area contributed by atoms with Gasteiger partial charge in [0.2, 0.25) is 5.91 Å². The molecule has 40 heavy (non-hydrogen) atoms. The molecule has 6 atom stereocenters. The van der Waals surface area contributed by atoms with Gasteiger partial charge in [-0.3, -0.25) is 14.4 Å². The number of halogens is 1. The highest BCUT2D eigenvalue weighted by molar-refractivity contribution is 7.81. The van der Waals surface area contributed by atoms with Crippen molar-refractivity contribution in [2.24, 2.45) is 11.8 Å². The molecule has 0 unspecified atom stereocenters. The third kappa shape index (κ3) is 20.9. The molecule has 0 aliphatic carbocycles. The van der Waals surface area contributed by atoms with E-state index in [9.17, 15) is 14.4 Å². The average Bonchev–Trinajstić information content (AvgIpc) is 2.96. The van der Waals surface area contributed by atoms with Gasteiger partial charge in [-0.25, -0.2) is 0 Å². The Hall–Kier alpha value is 1.08. The van der Waals surface area contributed by atoms with Crippen molar-refractivity contribution in [2.45, 2.75) is 76.5 Å². The molecule has 0 rings (SSSR count). The highest BCUT2D eigenvalue weighted by Gasteiger charge is 2.27. The SMILES string of the molecule is CCC(=O)[C@H](CS)NC(=O)[C@H](CS)CC(=O)[C@H](CS)NC.CCC[C@H](CS)NC[C@H](CS)CC[C@H](CS)NC.Cl. The van der Waals surface area contributed by atoms with Gasteiger partial charge in [-0.15, -0.1) is 12.4 Å². The second kappa shape index (κ2) is 30.1. The molecule has 0 aromatic heterocycles. The number of hydrogen-bond acceptors (Lipinski definition) is 12. The number of nitrogens with one attached hydrogen (secondary N) is 4. The van der Waals surface area contributed by atoms with Crippen molar-refractivity contribution in [3.63, 3.8) is 0 Å². The van der Waals surface area contributed by atoms with Crippen LogP contribution in [0.1, 0.15) is 52.4 Å². The first-order valence-electron chi connectivity index (χ1n) is 13.7. The van der Waals surface area contributed by atoms with E-state index in [4.69, 9.17) is 0 Å². The van der Waals surface area contributed by atoms with Crippen LogP contribution in [0.4, 0.5) is 0 Å². The summed E-state index contributed by atoms with van der Waals surface area (Å²) in [5, 5.41) is 12.4. The van der Waals surface area contributed by atoms with E-state index in [2.05, 4.69) is 104 Å². The van der Waals surface area contributed by atoms with E-state index in [0.29, 0.717) is 30.2 Å². The highest BCUT2D eigenvalue weighted by Crippen LogP contribution is 2.12. The van der Waals surface area contributed by atoms with Crippen LogP contribution in [0.2, 0.25) is 0 Å². The Bertz CT molecular complexity index is 650. The Kier molecular flexibility index (Phi) is 34.3. The average molecular weight is 700 g/mol. The first-order chi connectivity index (χ1) is 18.7. The fraction of sp³-hybridized carbons (Fsp3) is 0.885. The number of thiol groups is 6. The van der Waals surface area contributed by atoms with Crippen molar-refractivity contribution in [2.75, 3.05) is 55.2 Å². The standard InChI is InChI=1S/C13H24N2O3S3.C13H30N2S3.ClH/c1-3-11(16)10(7-21)15-13(18)8(5-19)4-12(17)9(6-20)14-2;1-3-4-13(10-18)15-7-11(8-16)5-6-12(9-17)14-2;/h8-10,14,19-21H,3-7H2,1-2H3,(H,15,18);11-18H,3-10H2,1-2H3;1H/t8-,9-,10-;11-,12-,13-;/m01./s1. The number of Topliss-reactive ketones (excluding diaryl/α,β-unsaturated/α-hetero) is 2. The molecular formula is C26H55ClN4O3S6. The summed E-state index contributed by atoms with van der Waals surface area (Å²) >= 11 is 25.5. The van der Waals surface area contributed by atoms with E-state index < -0.39 is 12.0 Å². The number of carbonyl (C=O) groups excluding carboxylic acids is 3. The van der Waals surface area contributed by atoms with Crippen LogP contribution in [-0.4, -0.2) is 96.8 Å². The molecular weight excluding hydrogens is 644 g/mol. The largest absolute Gasteiger partial charge is 0.345 e. The Morgan fingerprint density at radius 3 is 1.68 bits per heavy atom. The normalized spacial score (nSPS) is 15.3. The van der Waals surface area contributed by atoms with Crippen LogP contribution in [-0.2, 0) is 14.4 Å². The molecule has 240 valence electrons. The third-order valence-electron chi connectivity index (χ3n) is 6.56. The Morgan fingerprint density at radius 2 is 1.27 bits per heavy atom. The number of amides is 1. The predicted molar refractivity (Wildman–Crippen MR) is 196 cm³/mol. The summed E-state index contributed by atoms with van der Waals surface area (Å²) < 4.78 is 0. The summed E-state index contributed by atoms with van der Waals surface area (Å²) in [5.41, 5.74) is 0. The molecule has 14 heteroatoms. The van der Waals surface area contributed by atoms with Gasteiger partial charge >= 0.3 is 0 Å². The molecule has 7 nitrogen and oxygen atoms in total. The van der Waals surface area contributed by atoms with Gasteiger partial charge in [0, 0.05) is 53.7 Å². The van der Waals surface area contributed by atoms with Crippen LogP contribution in [0.15, 0.2) is 0 Å². The fourth-order valence-electron chi connectivity index (χ4n) is 3.70. The Balaban J connectivity index is -0.000000675. The number of carbonyl (C=O) groups is 3. The zero-order valence-corrected chi connectivity index (χ0v) is 30.7. The predicted octanol–water partition coefficient (Wildman–Crippen LogP) is 3.34. The maximum absolute atomic E-state index is 12.2. The zero-order chi connectivity index (χ0) is 30.2. The lowest BCUT2D eigenvalue weighted by atomic mass is 9.99. The van der Waals surface area contributed by atoms with Crippen molar-refractivity contribution in [3.8, 4) is 0 Å². The molecule has 0 aliphatic rings. The first-order valence-corrected chi connectivity index (χ1v) is 17.5. The molecule has 4 N–H and O–H groups in total. The zero-order valence-electron chi connectivity index (χ0n) is 24.5. The molecule has 0 aliphatic heterocycles. The topological polar surface area (TPSA) is 99.3 Å². The lowest BCUT2D eigenvalue weighted by molar-refractivity contribution is -0.131. The van der Waals surface area contributed by atoms with E-state index in [-0.39, 0.29) is 53.8 Å². The molecule has 0 spiro atoms. The van der Waals surface area contributed by atoms with Gasteiger partial charge in [-0.1, -0.05) is 20.3 Å². The highest BCUT2D eigenvalue weighted by atomic mass is 35.5. The van der Waals surface area contributed by atoms with Crippen molar-refractivity contribution in [3.05, 3.63) is 0 Å². The van der Waals surface area contributed by atoms with E-state index in [0.717, 1.165) is 23.8 Å². The summed E-state index contributed by atoms with van der Waals surface area (Å²) in [6.07, 6.45) is 5.20. The van der Waals surface area contributed by atoms with Crippen LogP contribution in [0.5, 0.6) is 0 Å². The first kappa shape index (κ1) is 45.5. The molecule has 0 saturated carbocycles. The van der Waals surface area contributed by atoms with Gasteiger partial charge in [0.25, 0.3) is 0 Å². The van der Waals surface area contributed by atoms with Crippen LogP contribution in [0.25, 0.3) is 0 Å². The molecule has 0 aromatic rings. The van der Waals surface area contributed by atoms with Gasteiger partial charge in [-0.2, -0.15) is 75.8 Å². The number of hydrogen-bond donors (Lipinski definition) is 10. The maximum atomic E-state index is 12.2. The number of rotatable bonds is 23. The van der Waals surface area contributed by atoms with E-state index in [1.807, 2.05) is 7.05 Å². The summed E-state index contributed by atoms with van der Waals surface area (Å²) in [7, 11) is 3.68. The summed E-state index contributed by atoms with van der Waals surface area (Å²) in [5.74, 6) is 3.17. The Morgan fingerprint density at radius 1 is 0.675 bits per heavy atom. The molecule has 0 fully saturated rings. The van der Waals surface area contributed by atoms with Crippen LogP contribution in [0, 0.1) is 11.8 Å². The van der Waals surface area contributed by atoms with Crippen molar-refractivity contribution in [1.82, 2.24) is 21.3 Å². The van der Waals surface area contributed by atoms with Crippen LogP contribution >= 0.6 is 88.2 Å². The van der Waals surface area contributed by atoms with Gasteiger partial charge in [0.1, 0.15) is 0 Å². The van der Waals surface area contributed by atoms with Gasteiger partial charge in [-0.05, 0) is 51.6 Å². The number of likely N-dealkylation sites (N-methyl/N-ethyl adjacent to an activating group) is 1. The fourth-order valence-corrected chi connectivity index (χ4v) is 5.67. The second-order valence-corrected chi connectivity index (χ2v) is 11.7. The van der Waals surface area contributed by atoms with E-state index in [1.54, 1.807) is 14.0 Å². The second-order valence-electron chi connectivity index (χ2n) is 9.51. The van der Waals surface area contributed by atoms with Gasteiger partial charge in [0.05, 0.1) is 18.0 Å². The molecule has 0 bridgehead atoms. The quantitative estimate of drug-likeness (QED) is 0.0753. The molecule has 0 radical (unpaired) electrons. The number of ketones is 2. The molecule has 0 saturated heterocycles. The lowest BCUT2D eigenvalue weighted by Crippen LogP contribution is -2.46. The van der Waals surface area contributed by atoms with E-state index >= 15 is 0 Å². The lowest BCUT2D eigenvalue weighted by Gasteiger charge is -2.22.